The Hall–Kier alpha value is -1.69. The highest BCUT2D eigenvalue weighted by Crippen LogP contribution is 2.29. The first-order chi connectivity index (χ1) is 8.22. The van der Waals surface area contributed by atoms with Gasteiger partial charge in [-0.05, 0) is 31.0 Å². The summed E-state index contributed by atoms with van der Waals surface area (Å²) in [4.78, 5) is 2.25. The highest BCUT2D eigenvalue weighted by Gasteiger charge is 2.20. The lowest BCUT2D eigenvalue weighted by atomic mass is 9.94. The number of hydrogen-bond acceptors (Lipinski definition) is 3. The van der Waals surface area contributed by atoms with Gasteiger partial charge < -0.3 is 10.6 Å². The third kappa shape index (κ3) is 2.52. The van der Waals surface area contributed by atoms with Crippen LogP contribution in [0.25, 0.3) is 0 Å². The smallest absolute Gasteiger partial charge is 0.101 e. The molecule has 1 aromatic rings. The SMILES string of the molecule is CN(c1ccc(N)cc1C#N)C1CCCCC1. The molecule has 1 aromatic carbocycles. The van der Waals surface area contributed by atoms with Gasteiger partial charge in [-0.2, -0.15) is 5.26 Å². The summed E-state index contributed by atoms with van der Waals surface area (Å²) in [6, 6.07) is 8.39. The van der Waals surface area contributed by atoms with Gasteiger partial charge in [-0.1, -0.05) is 19.3 Å². The maximum atomic E-state index is 9.16. The molecular weight excluding hydrogens is 210 g/mol. The van der Waals surface area contributed by atoms with Crippen molar-refractivity contribution in [3.8, 4) is 6.07 Å². The molecule has 0 aliphatic heterocycles. The number of benzene rings is 1. The summed E-state index contributed by atoms with van der Waals surface area (Å²) >= 11 is 0. The molecule has 0 bridgehead atoms. The normalized spacial score (nSPS) is 16.5. The van der Waals surface area contributed by atoms with Crippen molar-refractivity contribution < 1.29 is 0 Å². The minimum Gasteiger partial charge on any atom is -0.399 e. The van der Waals surface area contributed by atoms with Crippen molar-refractivity contribution in [1.82, 2.24) is 0 Å². The van der Waals surface area contributed by atoms with Crippen molar-refractivity contribution in [2.45, 2.75) is 38.1 Å². The van der Waals surface area contributed by atoms with Crippen LogP contribution < -0.4 is 10.6 Å². The van der Waals surface area contributed by atoms with Crippen molar-refractivity contribution in [2.24, 2.45) is 0 Å². The molecule has 0 aromatic heterocycles. The van der Waals surface area contributed by atoms with Gasteiger partial charge in [0.05, 0.1) is 11.3 Å². The molecule has 2 N–H and O–H groups in total. The van der Waals surface area contributed by atoms with E-state index in [0.29, 0.717) is 17.3 Å². The van der Waals surface area contributed by atoms with Crippen molar-refractivity contribution in [3.05, 3.63) is 23.8 Å². The largest absolute Gasteiger partial charge is 0.399 e. The Balaban J connectivity index is 2.23. The van der Waals surface area contributed by atoms with Crippen molar-refractivity contribution in [1.29, 1.82) is 5.26 Å². The number of nitrogens with two attached hydrogens (primary N) is 1. The summed E-state index contributed by atoms with van der Waals surface area (Å²) < 4.78 is 0. The van der Waals surface area contributed by atoms with Crippen LogP contribution in [-0.4, -0.2) is 13.1 Å². The van der Waals surface area contributed by atoms with Crippen LogP contribution in [-0.2, 0) is 0 Å². The molecule has 0 radical (unpaired) electrons. The Kier molecular flexibility index (Phi) is 3.53. The van der Waals surface area contributed by atoms with Gasteiger partial charge in [0.2, 0.25) is 0 Å². The van der Waals surface area contributed by atoms with E-state index in [1.54, 1.807) is 6.07 Å². The Labute approximate surface area is 103 Å². The molecule has 0 heterocycles. The van der Waals surface area contributed by atoms with Crippen molar-refractivity contribution in [3.63, 3.8) is 0 Å². The summed E-state index contributed by atoms with van der Waals surface area (Å²) in [6.45, 7) is 0. The first kappa shape index (κ1) is 11.8. The van der Waals surface area contributed by atoms with Gasteiger partial charge >= 0.3 is 0 Å². The van der Waals surface area contributed by atoms with Gasteiger partial charge in [0.25, 0.3) is 0 Å². The number of nitrogens with zero attached hydrogens (tertiary/aromatic N) is 2. The lowest BCUT2D eigenvalue weighted by Crippen LogP contribution is -2.33. The van der Waals surface area contributed by atoms with E-state index in [-0.39, 0.29) is 0 Å². The second-order valence-electron chi connectivity index (χ2n) is 4.79. The van der Waals surface area contributed by atoms with E-state index in [4.69, 9.17) is 11.0 Å². The van der Waals surface area contributed by atoms with Gasteiger partial charge in [-0.3, -0.25) is 0 Å². The van der Waals surface area contributed by atoms with Crippen LogP contribution in [0.4, 0.5) is 11.4 Å². The lowest BCUT2D eigenvalue weighted by molar-refractivity contribution is 0.427. The van der Waals surface area contributed by atoms with Crippen LogP contribution >= 0.6 is 0 Å². The summed E-state index contributed by atoms with van der Waals surface area (Å²) in [6.07, 6.45) is 6.40. The van der Waals surface area contributed by atoms with E-state index < -0.39 is 0 Å². The molecule has 0 saturated heterocycles. The van der Waals surface area contributed by atoms with Crippen LogP contribution in [0, 0.1) is 11.3 Å². The van der Waals surface area contributed by atoms with E-state index in [1.807, 2.05) is 12.1 Å². The monoisotopic (exact) mass is 229 g/mol. The third-order valence-electron chi connectivity index (χ3n) is 3.64. The molecule has 17 heavy (non-hydrogen) atoms. The second-order valence-corrected chi connectivity index (χ2v) is 4.79. The second kappa shape index (κ2) is 5.09. The van der Waals surface area contributed by atoms with Crippen LogP contribution in [0.2, 0.25) is 0 Å². The van der Waals surface area contributed by atoms with E-state index in [9.17, 15) is 0 Å². The quantitative estimate of drug-likeness (QED) is 0.793. The van der Waals surface area contributed by atoms with Gasteiger partial charge in [0.1, 0.15) is 6.07 Å². The van der Waals surface area contributed by atoms with Crippen LogP contribution in [0.15, 0.2) is 18.2 Å². The minimum absolute atomic E-state index is 0.569. The molecule has 0 spiro atoms. The maximum Gasteiger partial charge on any atom is 0.101 e. The Morgan fingerprint density at radius 2 is 2.00 bits per heavy atom. The summed E-state index contributed by atoms with van der Waals surface area (Å²) in [5.41, 5.74) is 8.05. The molecule has 0 unspecified atom stereocenters. The molecule has 0 amide bonds. The van der Waals surface area contributed by atoms with E-state index >= 15 is 0 Å². The highest BCUT2D eigenvalue weighted by atomic mass is 15.1. The molecule has 3 nitrogen and oxygen atoms in total. The molecule has 1 aliphatic rings. The highest BCUT2D eigenvalue weighted by molar-refractivity contribution is 5.64. The standard InChI is InChI=1S/C14H19N3/c1-17(13-5-3-2-4-6-13)14-8-7-12(16)9-11(14)10-15/h7-9,13H,2-6,16H2,1H3. The first-order valence-electron chi connectivity index (χ1n) is 6.25. The topological polar surface area (TPSA) is 53.0 Å². The van der Waals surface area contributed by atoms with Crippen LogP contribution in [0.5, 0.6) is 0 Å². The predicted octanol–water partition coefficient (Wildman–Crippen LogP) is 2.91. The lowest BCUT2D eigenvalue weighted by Gasteiger charge is -2.33. The molecule has 3 heteroatoms. The first-order valence-corrected chi connectivity index (χ1v) is 6.25. The zero-order valence-electron chi connectivity index (χ0n) is 10.3. The summed E-state index contributed by atoms with van der Waals surface area (Å²) in [5.74, 6) is 0. The fourth-order valence-electron chi connectivity index (χ4n) is 2.62. The predicted molar refractivity (Wildman–Crippen MR) is 70.8 cm³/mol. The van der Waals surface area contributed by atoms with E-state index in [1.165, 1.54) is 32.1 Å². The molecule has 90 valence electrons. The average Bonchev–Trinajstić information content (AvgIpc) is 2.39. The summed E-state index contributed by atoms with van der Waals surface area (Å²) in [5, 5.41) is 9.16. The zero-order chi connectivity index (χ0) is 12.3. The van der Waals surface area contributed by atoms with Gasteiger partial charge in [-0.15, -0.1) is 0 Å². The van der Waals surface area contributed by atoms with E-state index in [0.717, 1.165) is 5.69 Å². The van der Waals surface area contributed by atoms with Gasteiger partial charge in [0.15, 0.2) is 0 Å². The zero-order valence-corrected chi connectivity index (χ0v) is 10.3. The minimum atomic E-state index is 0.569. The number of hydrogen-bond donors (Lipinski definition) is 1. The Morgan fingerprint density at radius 1 is 1.29 bits per heavy atom. The number of rotatable bonds is 2. The molecule has 0 atom stereocenters. The van der Waals surface area contributed by atoms with Gasteiger partial charge in [-0.25, -0.2) is 0 Å². The van der Waals surface area contributed by atoms with Crippen molar-refractivity contribution >= 4 is 11.4 Å². The molecule has 1 aliphatic carbocycles. The van der Waals surface area contributed by atoms with E-state index in [2.05, 4.69) is 18.0 Å². The van der Waals surface area contributed by atoms with Crippen LogP contribution in [0.1, 0.15) is 37.7 Å². The number of nitriles is 1. The summed E-state index contributed by atoms with van der Waals surface area (Å²) in [7, 11) is 2.09. The third-order valence-corrected chi connectivity index (χ3v) is 3.64. The fourth-order valence-corrected chi connectivity index (χ4v) is 2.62. The van der Waals surface area contributed by atoms with Crippen molar-refractivity contribution in [2.75, 3.05) is 17.7 Å². The van der Waals surface area contributed by atoms with Crippen LogP contribution in [0.3, 0.4) is 0 Å². The average molecular weight is 229 g/mol. The molecular formula is C14H19N3. The fraction of sp³-hybridized carbons (Fsp3) is 0.500. The number of anilines is 2. The maximum absolute atomic E-state index is 9.16. The Bertz CT molecular complexity index is 428. The van der Waals surface area contributed by atoms with Gasteiger partial charge in [0, 0.05) is 18.8 Å². The molecule has 1 fully saturated rings. The molecule has 2 rings (SSSR count). The molecule has 1 saturated carbocycles. The number of nitrogen functional groups attached to an aromatic ring is 1. The Morgan fingerprint density at radius 3 is 2.65 bits per heavy atom.